The van der Waals surface area contributed by atoms with Gasteiger partial charge in [0.1, 0.15) is 0 Å². The summed E-state index contributed by atoms with van der Waals surface area (Å²) in [4.78, 5) is 26.3. The minimum Gasteiger partial charge on any atom is -0.356 e. The highest BCUT2D eigenvalue weighted by Crippen LogP contribution is 2.12. The minimum absolute atomic E-state index is 0.0337. The second-order valence-corrected chi connectivity index (χ2v) is 5.95. The van der Waals surface area contributed by atoms with Crippen molar-refractivity contribution in [2.24, 2.45) is 0 Å². The van der Waals surface area contributed by atoms with Gasteiger partial charge in [0.15, 0.2) is 5.78 Å². The molecule has 1 aromatic carbocycles. The van der Waals surface area contributed by atoms with Gasteiger partial charge in [-0.2, -0.15) is 0 Å². The van der Waals surface area contributed by atoms with Crippen molar-refractivity contribution in [2.75, 3.05) is 26.2 Å². The van der Waals surface area contributed by atoms with Crippen LogP contribution in [0.4, 0.5) is 0 Å². The largest absolute Gasteiger partial charge is 0.356 e. The molecule has 1 rings (SSSR count). The van der Waals surface area contributed by atoms with E-state index in [-0.39, 0.29) is 24.5 Å². The Morgan fingerprint density at radius 3 is 2.35 bits per heavy atom. The number of Topliss-reactive ketones (excluding diaryl/α,β-unsaturated/α-hetero) is 1. The molecule has 0 heterocycles. The lowest BCUT2D eigenvalue weighted by Crippen LogP contribution is -2.30. The van der Waals surface area contributed by atoms with Crippen LogP contribution in [0.2, 0.25) is 0 Å². The van der Waals surface area contributed by atoms with Crippen LogP contribution in [0.15, 0.2) is 18.2 Å². The fraction of sp³-hybridized carbons (Fsp3) is 0.579. The lowest BCUT2D eigenvalue weighted by molar-refractivity contribution is -0.121. The van der Waals surface area contributed by atoms with Crippen molar-refractivity contribution in [3.63, 3.8) is 0 Å². The second kappa shape index (κ2) is 10.2. The van der Waals surface area contributed by atoms with Crippen LogP contribution < -0.4 is 5.32 Å². The summed E-state index contributed by atoms with van der Waals surface area (Å²) in [6.45, 7) is 12.0. The van der Waals surface area contributed by atoms with E-state index >= 15 is 0 Å². The Balaban J connectivity index is 2.27. The van der Waals surface area contributed by atoms with Crippen LogP contribution in [0.25, 0.3) is 0 Å². The maximum Gasteiger partial charge on any atom is 0.220 e. The van der Waals surface area contributed by atoms with E-state index in [4.69, 9.17) is 0 Å². The van der Waals surface area contributed by atoms with E-state index in [1.807, 2.05) is 32.0 Å². The van der Waals surface area contributed by atoms with E-state index in [1.165, 1.54) is 5.56 Å². The Morgan fingerprint density at radius 1 is 1.04 bits per heavy atom. The van der Waals surface area contributed by atoms with Crippen LogP contribution in [0.5, 0.6) is 0 Å². The van der Waals surface area contributed by atoms with Crippen LogP contribution >= 0.6 is 0 Å². The molecule has 4 nitrogen and oxygen atoms in total. The zero-order chi connectivity index (χ0) is 17.2. The molecule has 1 aromatic rings. The Kier molecular flexibility index (Phi) is 8.56. The van der Waals surface area contributed by atoms with Crippen LogP contribution in [-0.4, -0.2) is 42.8 Å². The van der Waals surface area contributed by atoms with Crippen LogP contribution in [0, 0.1) is 13.8 Å². The number of hydrogen-bond donors (Lipinski definition) is 1. The average Bonchev–Trinajstić information content (AvgIpc) is 2.55. The summed E-state index contributed by atoms with van der Waals surface area (Å²) in [5.74, 6) is -0.00637. The van der Waals surface area contributed by atoms with Gasteiger partial charge in [0.2, 0.25) is 5.91 Å². The molecule has 0 bridgehead atoms. The lowest BCUT2D eigenvalue weighted by atomic mass is 10.0. The number of nitrogens with zero attached hydrogens (tertiary/aromatic N) is 1. The molecule has 0 atom stereocenters. The Hall–Kier alpha value is -1.68. The van der Waals surface area contributed by atoms with Crippen LogP contribution in [-0.2, 0) is 4.79 Å². The molecule has 0 unspecified atom stereocenters. The standard InChI is InChI=1S/C19H30N2O2/c1-5-21(6-2)13-7-12-20-19(23)11-10-18(22)17-9-8-15(3)16(4)14-17/h8-9,14H,5-7,10-13H2,1-4H3,(H,20,23). The van der Waals surface area contributed by atoms with E-state index < -0.39 is 0 Å². The molecular weight excluding hydrogens is 288 g/mol. The fourth-order valence-electron chi connectivity index (χ4n) is 2.44. The normalized spacial score (nSPS) is 10.8. The third-order valence-electron chi connectivity index (χ3n) is 4.28. The predicted octanol–water partition coefficient (Wildman–Crippen LogP) is 3.11. The van der Waals surface area contributed by atoms with Crippen molar-refractivity contribution in [1.29, 1.82) is 0 Å². The Morgan fingerprint density at radius 2 is 1.74 bits per heavy atom. The van der Waals surface area contributed by atoms with Gasteiger partial charge in [0.05, 0.1) is 0 Å². The van der Waals surface area contributed by atoms with Gasteiger partial charge in [-0.15, -0.1) is 0 Å². The molecule has 0 aliphatic carbocycles. The molecule has 23 heavy (non-hydrogen) atoms. The summed E-state index contributed by atoms with van der Waals surface area (Å²) in [6, 6.07) is 5.70. The highest BCUT2D eigenvalue weighted by atomic mass is 16.2. The Bertz CT molecular complexity index is 522. The first-order valence-corrected chi connectivity index (χ1v) is 8.57. The highest BCUT2D eigenvalue weighted by Gasteiger charge is 2.10. The van der Waals surface area contributed by atoms with Gasteiger partial charge in [0, 0.05) is 24.9 Å². The van der Waals surface area contributed by atoms with Gasteiger partial charge < -0.3 is 10.2 Å². The molecule has 128 valence electrons. The molecule has 0 aliphatic heterocycles. The van der Waals surface area contributed by atoms with Crippen molar-refractivity contribution in [2.45, 2.75) is 47.0 Å². The summed E-state index contributed by atoms with van der Waals surface area (Å²) in [5, 5.41) is 2.90. The molecular formula is C19H30N2O2. The number of ketones is 1. The average molecular weight is 318 g/mol. The highest BCUT2D eigenvalue weighted by molar-refractivity contribution is 5.98. The zero-order valence-corrected chi connectivity index (χ0v) is 14.9. The number of aryl methyl sites for hydroxylation is 2. The predicted molar refractivity (Wildman–Crippen MR) is 94.9 cm³/mol. The van der Waals surface area contributed by atoms with Crippen molar-refractivity contribution in [3.05, 3.63) is 34.9 Å². The third-order valence-corrected chi connectivity index (χ3v) is 4.28. The molecule has 1 N–H and O–H groups in total. The Labute approximate surface area is 140 Å². The second-order valence-electron chi connectivity index (χ2n) is 5.95. The first-order valence-electron chi connectivity index (χ1n) is 8.57. The van der Waals surface area contributed by atoms with Crippen molar-refractivity contribution < 1.29 is 9.59 Å². The number of nitrogens with one attached hydrogen (secondary N) is 1. The first-order chi connectivity index (χ1) is 11.0. The van der Waals surface area contributed by atoms with Gasteiger partial charge in [-0.25, -0.2) is 0 Å². The maximum atomic E-state index is 12.1. The first kappa shape index (κ1) is 19.4. The van der Waals surface area contributed by atoms with E-state index in [0.717, 1.165) is 31.6 Å². The number of benzene rings is 1. The fourth-order valence-corrected chi connectivity index (χ4v) is 2.44. The number of carbonyl (C=O) groups excluding carboxylic acids is 2. The van der Waals surface area contributed by atoms with Gasteiger partial charge in [-0.05, 0) is 57.1 Å². The molecule has 0 saturated heterocycles. The number of rotatable bonds is 10. The van der Waals surface area contributed by atoms with E-state index in [2.05, 4.69) is 24.1 Å². The maximum absolute atomic E-state index is 12.1. The number of carbonyl (C=O) groups is 2. The third kappa shape index (κ3) is 6.95. The minimum atomic E-state index is -0.0401. The monoisotopic (exact) mass is 318 g/mol. The summed E-state index contributed by atoms with van der Waals surface area (Å²) >= 11 is 0. The van der Waals surface area contributed by atoms with Gasteiger partial charge in [-0.1, -0.05) is 26.0 Å². The smallest absolute Gasteiger partial charge is 0.220 e. The van der Waals surface area contributed by atoms with Gasteiger partial charge in [-0.3, -0.25) is 9.59 Å². The quantitative estimate of drug-likeness (QED) is 0.533. The summed E-state index contributed by atoms with van der Waals surface area (Å²) in [5.41, 5.74) is 2.98. The molecule has 0 aliphatic rings. The molecule has 1 amide bonds. The van der Waals surface area contributed by atoms with Gasteiger partial charge >= 0.3 is 0 Å². The summed E-state index contributed by atoms with van der Waals surface area (Å²) < 4.78 is 0. The zero-order valence-electron chi connectivity index (χ0n) is 14.9. The molecule has 0 radical (unpaired) electrons. The number of hydrogen-bond acceptors (Lipinski definition) is 3. The lowest BCUT2D eigenvalue weighted by Gasteiger charge is -2.17. The van der Waals surface area contributed by atoms with Crippen LogP contribution in [0.3, 0.4) is 0 Å². The number of amides is 1. The van der Waals surface area contributed by atoms with Crippen molar-refractivity contribution in [1.82, 2.24) is 10.2 Å². The van der Waals surface area contributed by atoms with E-state index in [1.54, 1.807) is 0 Å². The molecule has 0 saturated carbocycles. The van der Waals surface area contributed by atoms with Crippen molar-refractivity contribution >= 4 is 11.7 Å². The van der Waals surface area contributed by atoms with Gasteiger partial charge in [0.25, 0.3) is 0 Å². The van der Waals surface area contributed by atoms with Crippen LogP contribution in [0.1, 0.15) is 54.6 Å². The molecule has 0 spiro atoms. The van der Waals surface area contributed by atoms with E-state index in [9.17, 15) is 9.59 Å². The topological polar surface area (TPSA) is 49.4 Å². The SMILES string of the molecule is CCN(CC)CCCNC(=O)CCC(=O)c1ccc(C)c(C)c1. The summed E-state index contributed by atoms with van der Waals surface area (Å²) in [7, 11) is 0. The molecule has 0 fully saturated rings. The van der Waals surface area contributed by atoms with Crippen molar-refractivity contribution in [3.8, 4) is 0 Å². The van der Waals surface area contributed by atoms with E-state index in [0.29, 0.717) is 12.1 Å². The summed E-state index contributed by atoms with van der Waals surface area (Å²) in [6.07, 6.45) is 1.47. The molecule has 0 aromatic heterocycles. The molecule has 4 heteroatoms.